The third-order valence-corrected chi connectivity index (χ3v) is 3.81. The number of H-pyrrole nitrogens is 1. The van der Waals surface area contributed by atoms with Crippen LogP contribution in [0.2, 0.25) is 0 Å². The molecule has 0 amide bonds. The van der Waals surface area contributed by atoms with E-state index in [0.29, 0.717) is 28.7 Å². The van der Waals surface area contributed by atoms with Crippen LogP contribution in [0.4, 0.5) is 0 Å². The Labute approximate surface area is 156 Å². The minimum Gasteiger partial charge on any atom is -0.493 e. The molecule has 0 saturated heterocycles. The van der Waals surface area contributed by atoms with Gasteiger partial charge in [-0.1, -0.05) is 43.0 Å². The Balaban J connectivity index is 1.90. The molecular weight excluding hydrogens is 348 g/mol. The van der Waals surface area contributed by atoms with Gasteiger partial charge in [0.2, 0.25) is 4.77 Å². The summed E-state index contributed by atoms with van der Waals surface area (Å²) in [6, 6.07) is 15.3. The first-order chi connectivity index (χ1) is 12.7. The first-order valence-corrected chi connectivity index (χ1v) is 8.32. The summed E-state index contributed by atoms with van der Waals surface area (Å²) in [4.78, 5) is 0. The zero-order valence-electron chi connectivity index (χ0n) is 14.3. The molecule has 26 heavy (non-hydrogen) atoms. The van der Waals surface area contributed by atoms with E-state index in [0.717, 1.165) is 11.1 Å². The van der Waals surface area contributed by atoms with Crippen LogP contribution in [0.1, 0.15) is 5.56 Å². The fraction of sp³-hybridized carbons (Fsp3) is 0.105. The number of methoxy groups -OCH3 is 1. The standard InChI is InChI=1S/C19H18N4O2S/c1-3-11-25-16-10-9-14(12-17(16)24-2)13-20-23-18(21-22-19(23)26)15-7-5-4-6-8-15/h3-10,12-13H,1,11H2,2H3,(H,22,26)/b20-13-. The maximum atomic E-state index is 5.55. The highest BCUT2D eigenvalue weighted by atomic mass is 32.1. The lowest BCUT2D eigenvalue weighted by molar-refractivity contribution is 0.326. The summed E-state index contributed by atoms with van der Waals surface area (Å²) in [6.45, 7) is 4.05. The number of benzene rings is 2. The molecule has 2 aromatic carbocycles. The highest BCUT2D eigenvalue weighted by Crippen LogP contribution is 2.27. The molecule has 7 heteroatoms. The van der Waals surface area contributed by atoms with Crippen LogP contribution in [0.5, 0.6) is 11.5 Å². The third kappa shape index (κ3) is 3.89. The summed E-state index contributed by atoms with van der Waals surface area (Å²) in [5.41, 5.74) is 1.76. The van der Waals surface area contributed by atoms with Crippen LogP contribution in [0, 0.1) is 4.77 Å². The van der Waals surface area contributed by atoms with Crippen molar-refractivity contribution in [1.29, 1.82) is 0 Å². The van der Waals surface area contributed by atoms with Gasteiger partial charge in [0, 0.05) is 5.56 Å². The van der Waals surface area contributed by atoms with Gasteiger partial charge in [-0.3, -0.25) is 0 Å². The number of rotatable bonds is 7. The van der Waals surface area contributed by atoms with Gasteiger partial charge in [0.05, 0.1) is 13.3 Å². The number of hydrogen-bond donors (Lipinski definition) is 1. The van der Waals surface area contributed by atoms with E-state index in [9.17, 15) is 0 Å². The van der Waals surface area contributed by atoms with Gasteiger partial charge in [0.25, 0.3) is 0 Å². The SMILES string of the molecule is C=CCOc1ccc(/C=N\n2c(-c3ccccc3)n[nH]c2=S)cc1OC. The van der Waals surface area contributed by atoms with Crippen LogP contribution in [-0.2, 0) is 0 Å². The Morgan fingerprint density at radius 3 is 2.77 bits per heavy atom. The first kappa shape index (κ1) is 17.6. The summed E-state index contributed by atoms with van der Waals surface area (Å²) < 4.78 is 12.9. The molecule has 0 unspecified atom stereocenters. The molecule has 1 aromatic heterocycles. The molecule has 3 rings (SSSR count). The number of nitrogens with zero attached hydrogens (tertiary/aromatic N) is 3. The summed E-state index contributed by atoms with van der Waals surface area (Å²) in [7, 11) is 1.59. The van der Waals surface area contributed by atoms with Gasteiger partial charge in [-0.15, -0.1) is 0 Å². The lowest BCUT2D eigenvalue weighted by atomic mass is 10.2. The highest BCUT2D eigenvalue weighted by Gasteiger charge is 2.08. The Bertz CT molecular complexity index is 977. The molecule has 1 heterocycles. The highest BCUT2D eigenvalue weighted by molar-refractivity contribution is 7.71. The predicted molar refractivity (Wildman–Crippen MR) is 105 cm³/mol. The van der Waals surface area contributed by atoms with E-state index >= 15 is 0 Å². The molecule has 3 aromatic rings. The lowest BCUT2D eigenvalue weighted by Crippen LogP contribution is -1.98. The summed E-state index contributed by atoms with van der Waals surface area (Å²) in [5, 5.41) is 11.5. The van der Waals surface area contributed by atoms with Crippen LogP contribution in [0.15, 0.2) is 66.3 Å². The maximum absolute atomic E-state index is 5.55. The lowest BCUT2D eigenvalue weighted by Gasteiger charge is -2.09. The second kappa shape index (κ2) is 8.26. The van der Waals surface area contributed by atoms with Crippen molar-refractivity contribution in [3.05, 3.63) is 71.5 Å². The van der Waals surface area contributed by atoms with Crippen LogP contribution in [0.25, 0.3) is 11.4 Å². The zero-order valence-corrected chi connectivity index (χ0v) is 15.1. The van der Waals surface area contributed by atoms with E-state index in [2.05, 4.69) is 21.9 Å². The molecule has 6 nitrogen and oxygen atoms in total. The van der Waals surface area contributed by atoms with E-state index in [-0.39, 0.29) is 0 Å². The van der Waals surface area contributed by atoms with E-state index in [1.807, 2.05) is 48.5 Å². The fourth-order valence-corrected chi connectivity index (χ4v) is 2.51. The monoisotopic (exact) mass is 366 g/mol. The van der Waals surface area contributed by atoms with Crippen LogP contribution < -0.4 is 9.47 Å². The van der Waals surface area contributed by atoms with Crippen LogP contribution >= 0.6 is 12.2 Å². The van der Waals surface area contributed by atoms with Gasteiger partial charge in [-0.2, -0.15) is 14.9 Å². The molecule has 0 aliphatic heterocycles. The molecule has 0 fully saturated rings. The van der Waals surface area contributed by atoms with Crippen molar-refractivity contribution in [2.75, 3.05) is 13.7 Å². The van der Waals surface area contributed by atoms with Gasteiger partial charge < -0.3 is 9.47 Å². The van der Waals surface area contributed by atoms with Gasteiger partial charge in [-0.05, 0) is 36.0 Å². The Morgan fingerprint density at radius 2 is 2.04 bits per heavy atom. The number of aromatic nitrogens is 3. The Morgan fingerprint density at radius 1 is 1.23 bits per heavy atom. The Hall–Kier alpha value is -3.19. The van der Waals surface area contributed by atoms with Gasteiger partial charge in [-0.25, -0.2) is 5.10 Å². The second-order valence-corrected chi connectivity index (χ2v) is 5.67. The minimum atomic E-state index is 0.411. The molecule has 0 aliphatic carbocycles. The van der Waals surface area contributed by atoms with Crippen LogP contribution in [-0.4, -0.2) is 34.8 Å². The molecule has 0 bridgehead atoms. The molecule has 0 spiro atoms. The van der Waals surface area contributed by atoms with Gasteiger partial charge in [0.1, 0.15) is 6.61 Å². The molecule has 0 saturated carbocycles. The zero-order chi connectivity index (χ0) is 18.4. The number of nitrogens with one attached hydrogen (secondary N) is 1. The van der Waals surface area contributed by atoms with Crippen molar-refractivity contribution in [3.63, 3.8) is 0 Å². The van der Waals surface area contributed by atoms with Crippen molar-refractivity contribution in [2.24, 2.45) is 5.10 Å². The summed E-state index contributed by atoms with van der Waals surface area (Å²) in [6.07, 6.45) is 3.37. The maximum Gasteiger partial charge on any atom is 0.216 e. The van der Waals surface area contributed by atoms with Crippen molar-refractivity contribution < 1.29 is 9.47 Å². The topological polar surface area (TPSA) is 64.4 Å². The molecule has 132 valence electrons. The largest absolute Gasteiger partial charge is 0.493 e. The van der Waals surface area contributed by atoms with E-state index in [1.54, 1.807) is 24.1 Å². The van der Waals surface area contributed by atoms with E-state index in [4.69, 9.17) is 21.7 Å². The quantitative estimate of drug-likeness (QED) is 0.389. The molecule has 0 aliphatic rings. The van der Waals surface area contributed by atoms with E-state index in [1.165, 1.54) is 0 Å². The average Bonchev–Trinajstić information content (AvgIpc) is 3.06. The smallest absolute Gasteiger partial charge is 0.216 e. The third-order valence-electron chi connectivity index (χ3n) is 3.55. The predicted octanol–water partition coefficient (Wildman–Crippen LogP) is 4.06. The number of aromatic amines is 1. The average molecular weight is 366 g/mol. The molecule has 0 atom stereocenters. The fourth-order valence-electron chi connectivity index (χ4n) is 2.33. The van der Waals surface area contributed by atoms with Crippen molar-refractivity contribution >= 4 is 18.4 Å². The minimum absolute atomic E-state index is 0.411. The summed E-state index contributed by atoms with van der Waals surface area (Å²) >= 11 is 5.28. The number of hydrogen-bond acceptors (Lipinski definition) is 5. The number of ether oxygens (including phenoxy) is 2. The van der Waals surface area contributed by atoms with Crippen molar-refractivity contribution in [1.82, 2.24) is 14.9 Å². The van der Waals surface area contributed by atoms with Gasteiger partial charge in [0.15, 0.2) is 17.3 Å². The van der Waals surface area contributed by atoms with Gasteiger partial charge >= 0.3 is 0 Å². The normalized spacial score (nSPS) is 10.8. The van der Waals surface area contributed by atoms with Crippen molar-refractivity contribution in [3.8, 4) is 22.9 Å². The summed E-state index contributed by atoms with van der Waals surface area (Å²) in [5.74, 6) is 1.91. The van der Waals surface area contributed by atoms with Crippen LogP contribution in [0.3, 0.4) is 0 Å². The Kier molecular flexibility index (Phi) is 5.60. The van der Waals surface area contributed by atoms with E-state index < -0.39 is 0 Å². The molecule has 0 radical (unpaired) electrons. The second-order valence-electron chi connectivity index (χ2n) is 5.28. The van der Waals surface area contributed by atoms with Crippen molar-refractivity contribution in [2.45, 2.75) is 0 Å². The molecule has 1 N–H and O–H groups in total. The molecular formula is C19H18N4O2S. The first-order valence-electron chi connectivity index (χ1n) is 7.92.